The molecule has 1 amide bonds. The fourth-order valence-electron chi connectivity index (χ4n) is 4.94. The lowest BCUT2D eigenvalue weighted by Gasteiger charge is -2.33. The van der Waals surface area contributed by atoms with Crippen LogP contribution in [0.3, 0.4) is 0 Å². The van der Waals surface area contributed by atoms with Gasteiger partial charge in [-0.05, 0) is 67.5 Å². The monoisotopic (exact) mass is 606 g/mol. The normalized spacial score (nSPS) is 17.1. The molecule has 2 aliphatic rings. The van der Waals surface area contributed by atoms with Crippen LogP contribution in [0.1, 0.15) is 53.4 Å². The Hall–Kier alpha value is -2.54. The van der Waals surface area contributed by atoms with Crippen LogP contribution in [0.5, 0.6) is 0 Å². The van der Waals surface area contributed by atoms with E-state index in [1.54, 1.807) is 12.1 Å². The Morgan fingerprint density at radius 3 is 2.62 bits per heavy atom. The van der Waals surface area contributed by atoms with Crippen molar-refractivity contribution in [3.05, 3.63) is 63.5 Å². The number of nitrogens with one attached hydrogen (secondary N) is 1. The van der Waals surface area contributed by atoms with E-state index in [0.29, 0.717) is 39.2 Å². The summed E-state index contributed by atoms with van der Waals surface area (Å²) in [5.41, 5.74) is 3.44. The van der Waals surface area contributed by atoms with Gasteiger partial charge in [-0.25, -0.2) is 8.93 Å². The highest BCUT2D eigenvalue weighted by Gasteiger charge is 2.34. The van der Waals surface area contributed by atoms with Gasteiger partial charge in [-0.15, -0.1) is 0 Å². The largest absolute Gasteiger partial charge is 0.373 e. The molecule has 0 bridgehead atoms. The maximum Gasteiger partial charge on any atom is 0.285 e. The number of hydrogen-bond acceptors (Lipinski definition) is 8. The molecule has 39 heavy (non-hydrogen) atoms. The van der Waals surface area contributed by atoms with E-state index >= 15 is 0 Å². The first kappa shape index (κ1) is 26.7. The fraction of sp³-hybridized carbons (Fsp3) is 0.346. The van der Waals surface area contributed by atoms with Crippen LogP contribution in [0.25, 0.3) is 21.3 Å². The Labute approximate surface area is 241 Å². The first-order valence-electron chi connectivity index (χ1n) is 12.5. The molecule has 4 aromatic rings. The number of anilines is 1. The average molecular weight is 608 g/mol. The van der Waals surface area contributed by atoms with Gasteiger partial charge in [-0.1, -0.05) is 34.4 Å². The molecule has 204 valence electrons. The fourth-order valence-corrected chi connectivity index (χ4v) is 6.58. The van der Waals surface area contributed by atoms with E-state index in [9.17, 15) is 9.00 Å². The number of benzene rings is 2. The van der Waals surface area contributed by atoms with Crippen LogP contribution in [0.4, 0.5) is 5.69 Å². The van der Waals surface area contributed by atoms with Crippen molar-refractivity contribution < 1.29 is 22.8 Å². The van der Waals surface area contributed by atoms with Crippen LogP contribution in [0, 0.1) is 0 Å². The Bertz CT molecular complexity index is 1540. The summed E-state index contributed by atoms with van der Waals surface area (Å²) < 4.78 is 39.0. The van der Waals surface area contributed by atoms with Crippen molar-refractivity contribution in [2.24, 2.45) is 0 Å². The van der Waals surface area contributed by atoms with Crippen LogP contribution in [-0.4, -0.2) is 43.4 Å². The molecule has 1 saturated carbocycles. The zero-order valence-corrected chi connectivity index (χ0v) is 23.7. The lowest BCUT2D eigenvalue weighted by atomic mass is 10.0. The Morgan fingerprint density at radius 2 is 1.92 bits per heavy atom. The SMILES string of the molecule is O=C(NS(=O)O)c1nsc2cc(N3CCC(OCc4c(-c5c(Cl)cccc5Cl)noc4C4CC4)CC3)ccc12. The number of aromatic nitrogens is 2. The Balaban J connectivity index is 1.12. The molecule has 1 atom stereocenters. The highest BCUT2D eigenvalue weighted by atomic mass is 35.5. The molecule has 1 unspecified atom stereocenters. The average Bonchev–Trinajstić information content (AvgIpc) is 3.54. The van der Waals surface area contributed by atoms with Gasteiger partial charge in [-0.3, -0.25) is 9.35 Å². The molecule has 1 aliphatic heterocycles. The quantitative estimate of drug-likeness (QED) is 0.228. The highest BCUT2D eigenvalue weighted by molar-refractivity contribution is 7.77. The van der Waals surface area contributed by atoms with Crippen molar-refractivity contribution in [2.45, 2.75) is 44.3 Å². The summed E-state index contributed by atoms with van der Waals surface area (Å²) in [6.07, 6.45) is 3.94. The summed E-state index contributed by atoms with van der Waals surface area (Å²) in [7, 11) is 0. The van der Waals surface area contributed by atoms with E-state index in [1.165, 1.54) is 11.5 Å². The number of nitrogens with zero attached hydrogens (tertiary/aromatic N) is 3. The molecule has 13 heteroatoms. The number of fused-ring (bicyclic) bond motifs is 1. The van der Waals surface area contributed by atoms with Crippen LogP contribution in [0.2, 0.25) is 10.0 Å². The van der Waals surface area contributed by atoms with Crippen LogP contribution in [0.15, 0.2) is 40.9 Å². The van der Waals surface area contributed by atoms with Crippen molar-refractivity contribution >= 4 is 67.7 Å². The van der Waals surface area contributed by atoms with Gasteiger partial charge < -0.3 is 14.2 Å². The number of hydrogen-bond donors (Lipinski definition) is 2. The number of piperidine rings is 1. The minimum atomic E-state index is -2.44. The summed E-state index contributed by atoms with van der Waals surface area (Å²) in [5, 5.41) is 6.06. The number of halogens is 2. The third-order valence-electron chi connectivity index (χ3n) is 7.09. The van der Waals surface area contributed by atoms with Crippen molar-refractivity contribution in [3.8, 4) is 11.3 Å². The summed E-state index contributed by atoms with van der Waals surface area (Å²) in [4.78, 5) is 14.4. The number of ether oxygens (including phenoxy) is 1. The molecular weight excluding hydrogens is 583 g/mol. The second-order valence-electron chi connectivity index (χ2n) is 9.63. The van der Waals surface area contributed by atoms with Crippen molar-refractivity contribution in [2.75, 3.05) is 18.0 Å². The smallest absolute Gasteiger partial charge is 0.285 e. The minimum absolute atomic E-state index is 0.0829. The molecule has 1 aliphatic carbocycles. The molecule has 3 heterocycles. The van der Waals surface area contributed by atoms with Crippen molar-refractivity contribution in [1.82, 2.24) is 14.3 Å². The summed E-state index contributed by atoms with van der Waals surface area (Å²) in [5.74, 6) is 0.562. The summed E-state index contributed by atoms with van der Waals surface area (Å²) in [6, 6.07) is 11.2. The topological polar surface area (TPSA) is 118 Å². The van der Waals surface area contributed by atoms with Crippen molar-refractivity contribution in [3.63, 3.8) is 0 Å². The number of carbonyl (C=O) groups is 1. The van der Waals surface area contributed by atoms with E-state index in [-0.39, 0.29) is 11.8 Å². The van der Waals surface area contributed by atoms with Gasteiger partial charge in [0.1, 0.15) is 11.5 Å². The first-order chi connectivity index (χ1) is 18.9. The molecule has 6 rings (SSSR count). The zero-order valence-electron chi connectivity index (χ0n) is 20.6. The number of amides is 1. The summed E-state index contributed by atoms with van der Waals surface area (Å²) in [6.45, 7) is 2.01. The molecule has 2 aromatic heterocycles. The van der Waals surface area contributed by atoms with Crippen LogP contribution in [-0.2, 0) is 22.6 Å². The lowest BCUT2D eigenvalue weighted by molar-refractivity contribution is 0.0246. The third kappa shape index (κ3) is 5.57. The highest BCUT2D eigenvalue weighted by Crippen LogP contribution is 2.46. The molecule has 2 fully saturated rings. The van der Waals surface area contributed by atoms with Gasteiger partial charge in [0.25, 0.3) is 17.2 Å². The predicted molar refractivity (Wildman–Crippen MR) is 152 cm³/mol. The van der Waals surface area contributed by atoms with Gasteiger partial charge in [0.05, 0.1) is 27.5 Å². The molecular formula is C26H24Cl2N4O5S2. The second kappa shape index (κ2) is 11.1. The molecule has 1 saturated heterocycles. The van der Waals surface area contributed by atoms with E-state index in [2.05, 4.69) is 14.4 Å². The minimum Gasteiger partial charge on any atom is -0.373 e. The van der Waals surface area contributed by atoms with E-state index in [0.717, 1.165) is 60.5 Å². The maximum atomic E-state index is 12.1. The lowest BCUT2D eigenvalue weighted by Crippen LogP contribution is -2.37. The van der Waals surface area contributed by atoms with Gasteiger partial charge >= 0.3 is 0 Å². The van der Waals surface area contributed by atoms with Crippen molar-refractivity contribution in [1.29, 1.82) is 0 Å². The molecule has 0 radical (unpaired) electrons. The number of carbonyl (C=O) groups excluding carboxylic acids is 1. The third-order valence-corrected chi connectivity index (χ3v) is 8.89. The first-order valence-corrected chi connectivity index (χ1v) is 15.1. The Morgan fingerprint density at radius 1 is 1.18 bits per heavy atom. The summed E-state index contributed by atoms with van der Waals surface area (Å²) >= 11 is 11.7. The van der Waals surface area contributed by atoms with Gasteiger partial charge in [0, 0.05) is 41.2 Å². The van der Waals surface area contributed by atoms with E-state index in [4.69, 9.17) is 37.0 Å². The molecule has 2 N–H and O–H groups in total. The van der Waals surface area contributed by atoms with Gasteiger partial charge in [-0.2, -0.15) is 4.37 Å². The van der Waals surface area contributed by atoms with E-state index < -0.39 is 17.2 Å². The molecule has 2 aromatic carbocycles. The standard InChI is InChI=1S/C26H24Cl2N4O5S2/c27-19-2-1-3-20(28)22(19)23-18(25(37-29-23)14-4-5-14)13-36-16-8-10-32(11-9-16)15-6-7-17-21(12-15)38-30-24(17)26(33)31-39(34)35/h1-3,6-7,12,14,16H,4-5,8-11,13H2,(H,31,33)(H,34,35). The number of rotatable bonds is 8. The second-order valence-corrected chi connectivity index (χ2v) is 12.0. The maximum absolute atomic E-state index is 12.1. The van der Waals surface area contributed by atoms with E-state index in [1.807, 2.05) is 29.0 Å². The molecule has 0 spiro atoms. The molecule has 9 nitrogen and oxygen atoms in total. The van der Waals surface area contributed by atoms with Crippen LogP contribution < -0.4 is 9.62 Å². The van der Waals surface area contributed by atoms with Gasteiger partial charge in [0.2, 0.25) is 0 Å². The Kier molecular flexibility index (Phi) is 7.62. The van der Waals surface area contributed by atoms with Crippen LogP contribution >= 0.6 is 34.7 Å². The zero-order chi connectivity index (χ0) is 27.1. The van der Waals surface area contributed by atoms with Gasteiger partial charge in [0.15, 0.2) is 5.69 Å². The predicted octanol–water partition coefficient (Wildman–Crippen LogP) is 6.19.